The maximum Gasteiger partial charge on any atom is 0.218 e. The first-order valence-corrected chi connectivity index (χ1v) is 11.1. The summed E-state index contributed by atoms with van der Waals surface area (Å²) in [6.07, 6.45) is 11.1. The van der Waals surface area contributed by atoms with E-state index in [1.54, 1.807) is 12.4 Å². The van der Waals surface area contributed by atoms with Gasteiger partial charge in [-0.15, -0.1) is 0 Å². The largest absolute Gasteiger partial charge is 0.447 e. The Bertz CT molecular complexity index is 1460. The summed E-state index contributed by atoms with van der Waals surface area (Å²) in [6, 6.07) is 10.5. The van der Waals surface area contributed by atoms with E-state index < -0.39 is 0 Å². The summed E-state index contributed by atoms with van der Waals surface area (Å²) in [5, 5.41) is 3.50. The van der Waals surface area contributed by atoms with Crippen LogP contribution in [0.1, 0.15) is 18.9 Å². The quantitative estimate of drug-likeness (QED) is 0.394. The van der Waals surface area contributed by atoms with Crippen LogP contribution in [0.4, 0.5) is 0 Å². The number of benzene rings is 1. The lowest BCUT2D eigenvalue weighted by Gasteiger charge is -2.24. The number of rotatable bonds is 5. The third kappa shape index (κ3) is 3.54. The number of nitrogens with one attached hydrogen (secondary N) is 2. The van der Waals surface area contributed by atoms with Crippen LogP contribution in [0.25, 0.3) is 44.6 Å². The lowest BCUT2D eigenvalue weighted by Crippen LogP contribution is -2.31. The number of pyridine rings is 1. The Labute approximate surface area is 190 Å². The van der Waals surface area contributed by atoms with Crippen molar-refractivity contribution in [2.24, 2.45) is 0 Å². The molecule has 4 aromatic heterocycles. The Kier molecular flexibility index (Phi) is 4.84. The van der Waals surface area contributed by atoms with Crippen LogP contribution in [0.5, 0.6) is 5.88 Å². The van der Waals surface area contributed by atoms with Gasteiger partial charge >= 0.3 is 0 Å². The fraction of sp³-hybridized carbons (Fsp3) is 0.200. The molecule has 33 heavy (non-hydrogen) atoms. The molecule has 1 aliphatic rings. The Morgan fingerprint density at radius 3 is 2.97 bits per heavy atom. The number of ether oxygens (including phenoxy) is 1. The van der Waals surface area contributed by atoms with Crippen molar-refractivity contribution in [3.63, 3.8) is 0 Å². The molecule has 1 aromatic carbocycles. The van der Waals surface area contributed by atoms with Crippen LogP contribution in [0.3, 0.4) is 0 Å². The Morgan fingerprint density at radius 1 is 1.12 bits per heavy atom. The summed E-state index contributed by atoms with van der Waals surface area (Å²) in [7, 11) is 0. The van der Waals surface area contributed by atoms with Gasteiger partial charge in [-0.2, -0.15) is 0 Å². The fourth-order valence-electron chi connectivity index (χ4n) is 4.52. The molecule has 0 spiro atoms. The molecule has 0 radical (unpaired) electrons. The first-order chi connectivity index (χ1) is 16.3. The average Bonchev–Trinajstić information content (AvgIpc) is 3.48. The summed E-state index contributed by atoms with van der Waals surface area (Å²) >= 11 is 0. The normalized spacial score (nSPS) is 16.3. The maximum atomic E-state index is 5.31. The van der Waals surface area contributed by atoms with Gasteiger partial charge in [-0.3, -0.25) is 0 Å². The molecule has 0 saturated carbocycles. The molecule has 1 aliphatic heterocycles. The molecule has 8 heteroatoms. The zero-order valence-electron chi connectivity index (χ0n) is 18.0. The van der Waals surface area contributed by atoms with E-state index in [9.17, 15) is 0 Å². The highest BCUT2D eigenvalue weighted by atomic mass is 16.5. The molecule has 2 N–H and O–H groups in total. The van der Waals surface area contributed by atoms with Gasteiger partial charge in [0.2, 0.25) is 5.88 Å². The molecule has 0 amide bonds. The highest BCUT2D eigenvalue weighted by Gasteiger charge is 2.18. The van der Waals surface area contributed by atoms with E-state index in [1.165, 1.54) is 12.7 Å². The van der Waals surface area contributed by atoms with E-state index in [2.05, 4.69) is 54.6 Å². The van der Waals surface area contributed by atoms with Crippen LogP contribution >= 0.6 is 0 Å². The zero-order valence-corrected chi connectivity index (χ0v) is 18.0. The van der Waals surface area contributed by atoms with Gasteiger partial charge in [0.25, 0.3) is 0 Å². The highest BCUT2D eigenvalue weighted by molar-refractivity contribution is 5.94. The first-order valence-electron chi connectivity index (χ1n) is 11.1. The molecule has 0 unspecified atom stereocenters. The van der Waals surface area contributed by atoms with Crippen molar-refractivity contribution in [3.8, 4) is 28.3 Å². The van der Waals surface area contributed by atoms with Gasteiger partial charge in [-0.1, -0.05) is 12.6 Å². The average molecular weight is 438 g/mol. The number of hydrogen-bond acceptors (Lipinski definition) is 6. The molecule has 1 atom stereocenters. The van der Waals surface area contributed by atoms with Crippen LogP contribution < -0.4 is 10.1 Å². The van der Waals surface area contributed by atoms with Gasteiger partial charge in [-0.25, -0.2) is 19.9 Å². The monoisotopic (exact) mass is 437 g/mol. The van der Waals surface area contributed by atoms with Crippen molar-refractivity contribution < 1.29 is 4.74 Å². The summed E-state index contributed by atoms with van der Waals surface area (Å²) < 4.78 is 7.61. The topological polar surface area (TPSA) is 93.5 Å². The van der Waals surface area contributed by atoms with E-state index >= 15 is 0 Å². The van der Waals surface area contributed by atoms with Crippen molar-refractivity contribution in [2.75, 3.05) is 13.1 Å². The second-order valence-corrected chi connectivity index (χ2v) is 8.18. The number of imidazole rings is 1. The standard InChI is InChI=1S/C25H23N7O/c1-2-33-23-11-17(7-9-27-23)21-14-29-25-24(31-21)19(13-28-25)16-5-6-20-22(10-16)32(15-30-20)18-4-3-8-26-12-18/h2,5-7,9-11,13-15,18,26H,1,3-4,8,12H2,(H,28,29)/t18-/m0/s1. The van der Waals surface area contributed by atoms with Gasteiger partial charge in [-0.05, 0) is 43.1 Å². The Morgan fingerprint density at radius 2 is 2.09 bits per heavy atom. The third-order valence-electron chi connectivity index (χ3n) is 6.17. The molecule has 164 valence electrons. The molecule has 0 aliphatic carbocycles. The Balaban J connectivity index is 1.43. The van der Waals surface area contributed by atoms with Crippen LogP contribution in [0.2, 0.25) is 0 Å². The van der Waals surface area contributed by atoms with Crippen molar-refractivity contribution in [1.82, 2.24) is 34.8 Å². The summed E-state index contributed by atoms with van der Waals surface area (Å²) in [5.41, 5.74) is 7.42. The van der Waals surface area contributed by atoms with Crippen LogP contribution in [-0.4, -0.2) is 42.6 Å². The minimum absolute atomic E-state index is 0.423. The van der Waals surface area contributed by atoms with Gasteiger partial charge in [0.1, 0.15) is 5.52 Å². The molecular weight excluding hydrogens is 414 g/mol. The summed E-state index contributed by atoms with van der Waals surface area (Å²) in [4.78, 5) is 21.6. The molecule has 1 saturated heterocycles. The zero-order chi connectivity index (χ0) is 22.2. The van der Waals surface area contributed by atoms with Crippen molar-refractivity contribution in [1.29, 1.82) is 0 Å². The summed E-state index contributed by atoms with van der Waals surface area (Å²) in [6.45, 7) is 5.65. The van der Waals surface area contributed by atoms with E-state index in [0.717, 1.165) is 64.1 Å². The summed E-state index contributed by atoms with van der Waals surface area (Å²) in [5.74, 6) is 0.467. The lowest BCUT2D eigenvalue weighted by molar-refractivity contribution is 0.378. The van der Waals surface area contributed by atoms with E-state index in [-0.39, 0.29) is 0 Å². The molecular formula is C25H23N7O. The third-order valence-corrected chi connectivity index (χ3v) is 6.17. The van der Waals surface area contributed by atoms with E-state index in [4.69, 9.17) is 9.72 Å². The van der Waals surface area contributed by atoms with Gasteiger partial charge in [0, 0.05) is 42.2 Å². The molecule has 5 heterocycles. The van der Waals surface area contributed by atoms with Crippen LogP contribution in [0.15, 0.2) is 68.1 Å². The second-order valence-electron chi connectivity index (χ2n) is 8.18. The number of aromatic nitrogens is 6. The molecule has 8 nitrogen and oxygen atoms in total. The van der Waals surface area contributed by atoms with Crippen molar-refractivity contribution in [3.05, 3.63) is 68.1 Å². The predicted octanol–water partition coefficient (Wildman–Crippen LogP) is 4.48. The van der Waals surface area contributed by atoms with E-state index in [1.807, 2.05) is 24.7 Å². The highest BCUT2D eigenvalue weighted by Crippen LogP contribution is 2.32. The second kappa shape index (κ2) is 8.14. The molecule has 0 bridgehead atoms. The van der Waals surface area contributed by atoms with Gasteiger partial charge in [0.15, 0.2) is 5.65 Å². The van der Waals surface area contributed by atoms with Crippen LogP contribution in [0, 0.1) is 0 Å². The van der Waals surface area contributed by atoms with Gasteiger partial charge in [0.05, 0.1) is 35.5 Å². The van der Waals surface area contributed by atoms with Crippen LogP contribution in [-0.2, 0) is 0 Å². The number of nitrogens with zero attached hydrogens (tertiary/aromatic N) is 5. The number of piperidine rings is 1. The minimum Gasteiger partial charge on any atom is -0.447 e. The Hall–Kier alpha value is -4.04. The lowest BCUT2D eigenvalue weighted by atomic mass is 10.1. The van der Waals surface area contributed by atoms with Crippen molar-refractivity contribution >= 4 is 22.2 Å². The molecule has 5 aromatic rings. The fourth-order valence-corrected chi connectivity index (χ4v) is 4.52. The maximum absolute atomic E-state index is 5.31. The molecule has 6 rings (SSSR count). The number of H-pyrrole nitrogens is 1. The number of aromatic amines is 1. The van der Waals surface area contributed by atoms with Crippen molar-refractivity contribution in [2.45, 2.75) is 18.9 Å². The number of hydrogen-bond donors (Lipinski definition) is 2. The van der Waals surface area contributed by atoms with E-state index in [0.29, 0.717) is 11.9 Å². The first kappa shape index (κ1) is 19.6. The predicted molar refractivity (Wildman–Crippen MR) is 128 cm³/mol. The van der Waals surface area contributed by atoms with Gasteiger partial charge < -0.3 is 19.6 Å². The minimum atomic E-state index is 0.423. The smallest absolute Gasteiger partial charge is 0.218 e. The molecule has 1 fully saturated rings. The number of fused-ring (bicyclic) bond motifs is 2. The SMILES string of the molecule is C=COc1cc(-c2cnc3[nH]cc(-c4ccc5ncn([C@H]6CCCNC6)c5c4)c3n2)ccn1.